The van der Waals surface area contributed by atoms with E-state index in [0.717, 1.165) is 17.1 Å². The van der Waals surface area contributed by atoms with Gasteiger partial charge in [0.1, 0.15) is 0 Å². The molecule has 1 aromatic heterocycles. The first-order valence-corrected chi connectivity index (χ1v) is 7.27. The molecule has 1 aliphatic rings. The van der Waals surface area contributed by atoms with E-state index in [2.05, 4.69) is 13.5 Å². The van der Waals surface area contributed by atoms with Crippen molar-refractivity contribution in [2.24, 2.45) is 0 Å². The largest absolute Gasteiger partial charge is 0.328 e. The number of nitrogens with zero attached hydrogens (tertiary/aromatic N) is 3. The van der Waals surface area contributed by atoms with Crippen molar-refractivity contribution in [2.45, 2.75) is 50.2 Å². The quantitative estimate of drug-likeness (QED) is 0.833. The van der Waals surface area contributed by atoms with Crippen LogP contribution >= 0.6 is 23.7 Å². The lowest BCUT2D eigenvalue weighted by Gasteiger charge is -2.47. The maximum absolute atomic E-state index is 10.2. The van der Waals surface area contributed by atoms with Crippen LogP contribution in [0.25, 0.3) is 0 Å². The van der Waals surface area contributed by atoms with Crippen molar-refractivity contribution in [1.29, 1.82) is 0 Å². The average molecular weight is 286 g/mol. The Balaban J connectivity index is 2.09. The lowest BCUT2D eigenvalue weighted by atomic mass is 9.86. The topological polar surface area (TPSA) is 61.3 Å². The van der Waals surface area contributed by atoms with E-state index in [1.54, 1.807) is 6.20 Å². The van der Waals surface area contributed by atoms with E-state index in [0.29, 0.717) is 0 Å². The van der Waals surface area contributed by atoms with E-state index in [1.165, 1.54) is 28.7 Å². The van der Waals surface area contributed by atoms with Gasteiger partial charge in [0.25, 0.3) is 0 Å². The zero-order valence-corrected chi connectivity index (χ0v) is 12.6. The minimum atomic E-state index is -0.384. The first kappa shape index (κ1) is 13.8. The van der Waals surface area contributed by atoms with Crippen molar-refractivity contribution in [3.05, 3.63) is 18.0 Å². The smallest absolute Gasteiger partial charge is 0.150 e. The highest BCUT2D eigenvalue weighted by molar-refractivity contribution is 7.97. The van der Waals surface area contributed by atoms with E-state index in [9.17, 15) is 5.21 Å². The Morgan fingerprint density at radius 1 is 1.44 bits per heavy atom. The molecule has 0 aliphatic carbocycles. The van der Waals surface area contributed by atoms with Gasteiger partial charge in [0.15, 0.2) is 5.03 Å². The average Bonchev–Trinajstić information content (AvgIpc) is 2.75. The van der Waals surface area contributed by atoms with Crippen LogP contribution in [0.3, 0.4) is 0 Å². The van der Waals surface area contributed by atoms with Gasteiger partial charge in [-0.3, -0.25) is 0 Å². The molecule has 5 nitrogen and oxygen atoms in total. The third-order valence-electron chi connectivity index (χ3n) is 2.90. The normalized spacial score (nSPS) is 22.6. The molecule has 0 aromatic carbocycles. The van der Waals surface area contributed by atoms with Crippen LogP contribution in [0.1, 0.15) is 34.1 Å². The molecule has 0 spiro atoms. The Hall–Kier alpha value is -0.630. The Bertz CT molecular complexity index is 442. The molecule has 0 radical (unpaired) electrons. The van der Waals surface area contributed by atoms with Crippen LogP contribution in [0.15, 0.2) is 23.0 Å². The zero-order valence-electron chi connectivity index (χ0n) is 11.0. The number of hydrogen-bond donors (Lipinski definition) is 2. The molecule has 0 unspecified atom stereocenters. The van der Waals surface area contributed by atoms with Crippen LogP contribution in [0, 0.1) is 0 Å². The number of aromatic nitrogens is 2. The summed E-state index contributed by atoms with van der Waals surface area (Å²) in [6.07, 6.45) is 4.54. The highest BCUT2D eigenvalue weighted by atomic mass is 32.2. The lowest BCUT2D eigenvalue weighted by Crippen LogP contribution is -2.56. The number of rotatable bonds is 3. The SMILES string of the molecule is CC1(C)C=C(NSc2cnsn2)CC(C)(C)N1O. The molecule has 0 atom stereocenters. The fourth-order valence-electron chi connectivity index (χ4n) is 2.24. The Kier molecular flexibility index (Phi) is 3.68. The zero-order chi connectivity index (χ0) is 13.4. The molecule has 1 aromatic rings. The maximum atomic E-state index is 10.2. The summed E-state index contributed by atoms with van der Waals surface area (Å²) in [5, 5.41) is 12.4. The summed E-state index contributed by atoms with van der Waals surface area (Å²) in [6, 6.07) is 0. The minimum absolute atomic E-state index is 0.290. The van der Waals surface area contributed by atoms with Crippen molar-refractivity contribution < 1.29 is 5.21 Å². The molecule has 0 fully saturated rings. The molecular formula is C11H18N4OS2. The molecule has 0 saturated carbocycles. The summed E-state index contributed by atoms with van der Waals surface area (Å²) in [5.41, 5.74) is 0.431. The van der Waals surface area contributed by atoms with E-state index < -0.39 is 0 Å². The lowest BCUT2D eigenvalue weighted by molar-refractivity contribution is -0.214. The van der Waals surface area contributed by atoms with Crippen molar-refractivity contribution >= 4 is 23.7 Å². The van der Waals surface area contributed by atoms with Gasteiger partial charge in [-0.15, -0.1) is 0 Å². The monoisotopic (exact) mass is 286 g/mol. The molecule has 0 bridgehead atoms. The first-order chi connectivity index (χ1) is 8.31. The molecule has 100 valence electrons. The van der Waals surface area contributed by atoms with Crippen LogP contribution in [-0.2, 0) is 0 Å². The van der Waals surface area contributed by atoms with Gasteiger partial charge in [0, 0.05) is 29.6 Å². The van der Waals surface area contributed by atoms with Crippen LogP contribution in [-0.4, -0.2) is 30.1 Å². The van der Waals surface area contributed by atoms with Gasteiger partial charge in [-0.2, -0.15) is 13.8 Å². The molecule has 0 saturated heterocycles. The Morgan fingerprint density at radius 2 is 2.17 bits per heavy atom. The summed E-state index contributed by atoms with van der Waals surface area (Å²) in [6.45, 7) is 8.03. The Labute approximate surface area is 116 Å². The van der Waals surface area contributed by atoms with Crippen molar-refractivity contribution in [1.82, 2.24) is 18.5 Å². The predicted molar refractivity (Wildman–Crippen MR) is 73.4 cm³/mol. The summed E-state index contributed by atoms with van der Waals surface area (Å²) in [7, 11) is 0. The fraction of sp³-hybridized carbons (Fsp3) is 0.636. The van der Waals surface area contributed by atoms with Gasteiger partial charge in [-0.05, 0) is 33.8 Å². The highest BCUT2D eigenvalue weighted by Gasteiger charge is 2.40. The summed E-state index contributed by atoms with van der Waals surface area (Å²) < 4.78 is 11.4. The molecule has 0 amide bonds. The summed E-state index contributed by atoms with van der Waals surface area (Å²) >= 11 is 2.65. The molecule has 2 heterocycles. The van der Waals surface area contributed by atoms with E-state index in [4.69, 9.17) is 0 Å². The number of nitrogens with one attached hydrogen (secondary N) is 1. The third kappa shape index (κ3) is 2.85. The molecule has 2 N–H and O–H groups in total. The second-order valence-electron chi connectivity index (χ2n) is 5.57. The molecular weight excluding hydrogens is 268 g/mol. The van der Waals surface area contributed by atoms with Gasteiger partial charge in [0.2, 0.25) is 0 Å². The molecule has 1 aliphatic heterocycles. The predicted octanol–water partition coefficient (Wildman–Crippen LogP) is 2.67. The van der Waals surface area contributed by atoms with E-state index in [-0.39, 0.29) is 11.1 Å². The van der Waals surface area contributed by atoms with Gasteiger partial charge in [-0.25, -0.2) is 0 Å². The van der Waals surface area contributed by atoms with Crippen molar-refractivity contribution in [2.75, 3.05) is 0 Å². The summed E-state index contributed by atoms with van der Waals surface area (Å²) in [4.78, 5) is 0. The third-order valence-corrected chi connectivity index (χ3v) is 4.26. The van der Waals surface area contributed by atoms with Crippen molar-refractivity contribution in [3.63, 3.8) is 0 Å². The molecule has 7 heteroatoms. The first-order valence-electron chi connectivity index (χ1n) is 5.73. The minimum Gasteiger partial charge on any atom is -0.328 e. The van der Waals surface area contributed by atoms with Crippen LogP contribution < -0.4 is 4.72 Å². The fourth-order valence-corrected chi connectivity index (χ4v) is 3.35. The van der Waals surface area contributed by atoms with Gasteiger partial charge in [0.05, 0.1) is 23.5 Å². The second-order valence-corrected chi connectivity index (χ2v) is 6.96. The van der Waals surface area contributed by atoms with Gasteiger partial charge in [-0.1, -0.05) is 0 Å². The Morgan fingerprint density at radius 3 is 2.72 bits per heavy atom. The standard InChI is InChI=1S/C11H18N4OS2/c1-10(2)5-8(6-11(3,4)15(10)16)13-17-9-7-12-18-14-9/h5,7,13,16H,6H2,1-4H3. The van der Waals surface area contributed by atoms with Crippen molar-refractivity contribution in [3.8, 4) is 0 Å². The number of hydroxylamine groups is 2. The van der Waals surface area contributed by atoms with E-state index in [1.807, 2.05) is 33.8 Å². The highest BCUT2D eigenvalue weighted by Crippen LogP contribution is 2.35. The second kappa shape index (κ2) is 4.80. The van der Waals surface area contributed by atoms with Crippen LogP contribution in [0.5, 0.6) is 0 Å². The summed E-state index contributed by atoms with van der Waals surface area (Å²) in [5.74, 6) is 0. The molecule has 2 rings (SSSR count). The molecule has 18 heavy (non-hydrogen) atoms. The maximum Gasteiger partial charge on any atom is 0.150 e. The number of hydrogen-bond acceptors (Lipinski definition) is 7. The van der Waals surface area contributed by atoms with Gasteiger partial charge >= 0.3 is 0 Å². The van der Waals surface area contributed by atoms with Crippen LogP contribution in [0.2, 0.25) is 0 Å². The van der Waals surface area contributed by atoms with Crippen LogP contribution in [0.4, 0.5) is 0 Å². The van der Waals surface area contributed by atoms with E-state index >= 15 is 0 Å². The van der Waals surface area contributed by atoms with Gasteiger partial charge < -0.3 is 9.93 Å².